The van der Waals surface area contributed by atoms with Crippen molar-refractivity contribution in [1.82, 2.24) is 0 Å². The molecule has 0 saturated heterocycles. The van der Waals surface area contributed by atoms with Crippen molar-refractivity contribution in [2.75, 3.05) is 26.4 Å². The summed E-state index contributed by atoms with van der Waals surface area (Å²) < 4.78 is 41.0. The van der Waals surface area contributed by atoms with Crippen molar-refractivity contribution in [1.29, 1.82) is 0 Å². The number of hydrogen-bond donors (Lipinski definition) is 3. The molecule has 0 radical (unpaired) electrons. The minimum absolute atomic E-state index is 0.361. The number of carbonyl (C=O) groups is 2. The zero-order valence-electron chi connectivity index (χ0n) is 11.3. The topological polar surface area (TPSA) is 147 Å². The van der Waals surface area contributed by atoms with Crippen molar-refractivity contribution in [3.63, 3.8) is 0 Å². The zero-order chi connectivity index (χ0) is 16.8. The van der Waals surface area contributed by atoms with Crippen molar-refractivity contribution in [2.24, 2.45) is 0 Å². The van der Waals surface area contributed by atoms with Gasteiger partial charge in [-0.15, -0.1) is 0 Å². The van der Waals surface area contributed by atoms with Crippen LogP contribution in [0.5, 0.6) is 0 Å². The van der Waals surface area contributed by atoms with Crippen LogP contribution >= 0.6 is 0 Å². The fourth-order valence-electron chi connectivity index (χ4n) is 1.55. The second-order valence-corrected chi connectivity index (χ2v) is 5.26. The van der Waals surface area contributed by atoms with Gasteiger partial charge in [0.15, 0.2) is 0 Å². The van der Waals surface area contributed by atoms with E-state index in [1.165, 1.54) is 0 Å². The number of hydrogen-bond acceptors (Lipinski definition) is 8. The summed E-state index contributed by atoms with van der Waals surface area (Å²) in [6.07, 6.45) is 0. The maximum absolute atomic E-state index is 11.9. The molecule has 0 heterocycles. The number of ether oxygens (including phenoxy) is 2. The average molecular weight is 334 g/mol. The first kappa shape index (κ1) is 18.0. The maximum Gasteiger partial charge on any atom is 0.340 e. The van der Waals surface area contributed by atoms with Gasteiger partial charge in [-0.2, -0.15) is 8.42 Å². The maximum atomic E-state index is 11.9. The molecule has 0 saturated carbocycles. The van der Waals surface area contributed by atoms with E-state index >= 15 is 0 Å². The number of rotatable bonds is 7. The average Bonchev–Trinajstić information content (AvgIpc) is 2.48. The van der Waals surface area contributed by atoms with Gasteiger partial charge < -0.3 is 19.7 Å². The number of aliphatic hydroxyl groups is 2. The van der Waals surface area contributed by atoms with Gasteiger partial charge in [0.2, 0.25) is 0 Å². The highest BCUT2D eigenvalue weighted by Crippen LogP contribution is 2.22. The minimum Gasteiger partial charge on any atom is -0.460 e. The Kier molecular flexibility index (Phi) is 6.43. The van der Waals surface area contributed by atoms with Gasteiger partial charge in [0.05, 0.1) is 24.3 Å². The van der Waals surface area contributed by atoms with Crippen LogP contribution in [0.4, 0.5) is 0 Å². The van der Waals surface area contributed by atoms with Gasteiger partial charge in [-0.05, 0) is 12.1 Å². The van der Waals surface area contributed by atoms with Crippen LogP contribution in [-0.4, -0.2) is 61.5 Å². The predicted molar refractivity (Wildman–Crippen MR) is 71.0 cm³/mol. The van der Waals surface area contributed by atoms with Crippen LogP contribution in [0.1, 0.15) is 20.7 Å². The lowest BCUT2D eigenvalue weighted by atomic mass is 10.1. The van der Waals surface area contributed by atoms with E-state index < -0.39 is 57.9 Å². The molecule has 0 atom stereocenters. The highest BCUT2D eigenvalue weighted by molar-refractivity contribution is 7.86. The van der Waals surface area contributed by atoms with E-state index in [9.17, 15) is 18.0 Å². The highest BCUT2D eigenvalue weighted by Gasteiger charge is 2.28. The lowest BCUT2D eigenvalue weighted by molar-refractivity contribution is 0.0386. The van der Waals surface area contributed by atoms with E-state index in [0.29, 0.717) is 0 Å². The Bertz CT molecular complexity index is 651. The molecule has 1 rings (SSSR count). The number of aliphatic hydroxyl groups excluding tert-OH is 2. The van der Waals surface area contributed by atoms with E-state index in [0.717, 1.165) is 18.2 Å². The molecular formula is C12H14O9S. The van der Waals surface area contributed by atoms with Gasteiger partial charge in [-0.25, -0.2) is 9.59 Å². The number of esters is 2. The van der Waals surface area contributed by atoms with E-state index in [4.69, 9.17) is 14.8 Å². The molecule has 10 heteroatoms. The first-order valence-electron chi connectivity index (χ1n) is 5.99. The molecular weight excluding hydrogens is 320 g/mol. The first-order chi connectivity index (χ1) is 10.3. The highest BCUT2D eigenvalue weighted by atomic mass is 32.2. The summed E-state index contributed by atoms with van der Waals surface area (Å²) in [6, 6.07) is 3.14. The summed E-state index contributed by atoms with van der Waals surface area (Å²) in [5.74, 6) is -2.30. The Balaban J connectivity index is 3.38. The van der Waals surface area contributed by atoms with Crippen molar-refractivity contribution < 1.29 is 42.2 Å². The van der Waals surface area contributed by atoms with Crippen molar-refractivity contribution in [3.8, 4) is 0 Å². The Morgan fingerprint density at radius 2 is 1.55 bits per heavy atom. The molecule has 0 spiro atoms. The summed E-state index contributed by atoms with van der Waals surface area (Å²) in [5.41, 5.74) is -1.16. The molecule has 0 aliphatic rings. The molecule has 22 heavy (non-hydrogen) atoms. The Morgan fingerprint density at radius 1 is 1.00 bits per heavy atom. The van der Waals surface area contributed by atoms with Crippen LogP contribution in [0, 0.1) is 0 Å². The third-order valence-electron chi connectivity index (χ3n) is 2.38. The van der Waals surface area contributed by atoms with Crippen LogP contribution in [-0.2, 0) is 19.6 Å². The zero-order valence-corrected chi connectivity index (χ0v) is 12.1. The third kappa shape index (κ3) is 4.49. The summed E-state index contributed by atoms with van der Waals surface area (Å²) in [6.45, 7) is -1.76. The monoisotopic (exact) mass is 334 g/mol. The van der Waals surface area contributed by atoms with E-state index in [2.05, 4.69) is 9.47 Å². The predicted octanol–water partition coefficient (Wildman–Crippen LogP) is -0.769. The summed E-state index contributed by atoms with van der Waals surface area (Å²) in [4.78, 5) is 22.9. The third-order valence-corrected chi connectivity index (χ3v) is 3.27. The Labute approximate surface area is 125 Å². The van der Waals surface area contributed by atoms with E-state index in [1.807, 2.05) is 0 Å². The molecule has 1 aromatic carbocycles. The smallest absolute Gasteiger partial charge is 0.340 e. The van der Waals surface area contributed by atoms with Gasteiger partial charge in [0.25, 0.3) is 10.1 Å². The molecule has 0 aromatic heterocycles. The number of carbonyl (C=O) groups excluding carboxylic acids is 2. The minimum atomic E-state index is -4.80. The van der Waals surface area contributed by atoms with Gasteiger partial charge in [0, 0.05) is 0 Å². The summed E-state index contributed by atoms with van der Waals surface area (Å²) in [7, 11) is -4.80. The molecule has 0 bridgehead atoms. The van der Waals surface area contributed by atoms with Gasteiger partial charge >= 0.3 is 11.9 Å². The molecule has 1 aromatic rings. The molecule has 0 fully saturated rings. The quantitative estimate of drug-likeness (QED) is 0.432. The van der Waals surface area contributed by atoms with Crippen molar-refractivity contribution in [2.45, 2.75) is 4.90 Å². The van der Waals surface area contributed by atoms with Crippen molar-refractivity contribution in [3.05, 3.63) is 29.3 Å². The molecule has 3 N–H and O–H groups in total. The van der Waals surface area contributed by atoms with E-state index in [1.54, 1.807) is 0 Å². The molecule has 9 nitrogen and oxygen atoms in total. The standard InChI is InChI=1S/C12H14O9S/c13-4-6-20-11(15)8-2-1-3-9(22(17,18)19)10(8)12(16)21-7-5-14/h1-3,13-14H,4-7H2,(H,17,18,19). The largest absolute Gasteiger partial charge is 0.460 e. The molecule has 0 unspecified atom stereocenters. The lowest BCUT2D eigenvalue weighted by Crippen LogP contribution is -2.20. The van der Waals surface area contributed by atoms with Crippen LogP contribution < -0.4 is 0 Å². The second-order valence-electron chi connectivity index (χ2n) is 3.87. The molecule has 0 amide bonds. The first-order valence-corrected chi connectivity index (χ1v) is 7.43. The summed E-state index contributed by atoms with van der Waals surface area (Å²) >= 11 is 0. The van der Waals surface area contributed by atoms with Crippen LogP contribution in [0.3, 0.4) is 0 Å². The second kappa shape index (κ2) is 7.84. The SMILES string of the molecule is O=C(OCCO)c1cccc(S(=O)(=O)O)c1C(=O)OCCO. The van der Waals surface area contributed by atoms with Crippen LogP contribution in [0.15, 0.2) is 23.1 Å². The van der Waals surface area contributed by atoms with Crippen LogP contribution in [0.2, 0.25) is 0 Å². The molecule has 122 valence electrons. The normalized spacial score (nSPS) is 11.0. The summed E-state index contributed by atoms with van der Waals surface area (Å²) in [5, 5.41) is 17.2. The van der Waals surface area contributed by atoms with E-state index in [-0.39, 0.29) is 6.61 Å². The fraction of sp³-hybridized carbons (Fsp3) is 0.333. The Hall–Kier alpha value is -2.01. The van der Waals surface area contributed by atoms with Crippen molar-refractivity contribution >= 4 is 22.1 Å². The number of benzene rings is 1. The van der Waals surface area contributed by atoms with Gasteiger partial charge in [0.1, 0.15) is 18.1 Å². The molecule has 0 aliphatic heterocycles. The van der Waals surface area contributed by atoms with Gasteiger partial charge in [-0.3, -0.25) is 4.55 Å². The van der Waals surface area contributed by atoms with Crippen LogP contribution in [0.25, 0.3) is 0 Å². The lowest BCUT2D eigenvalue weighted by Gasteiger charge is -2.11. The molecule has 0 aliphatic carbocycles. The Morgan fingerprint density at radius 3 is 2.05 bits per heavy atom. The fourth-order valence-corrected chi connectivity index (χ4v) is 2.26. The van der Waals surface area contributed by atoms with Gasteiger partial charge in [-0.1, -0.05) is 6.07 Å².